The monoisotopic (exact) mass is 236 g/mol. The fourth-order valence-corrected chi connectivity index (χ4v) is 1.75. The number of carbonyl (C=O) groups excluding carboxylic acids is 1. The molecule has 0 bridgehead atoms. The zero-order valence-corrected chi connectivity index (χ0v) is 9.85. The fraction of sp³-hybridized carbons (Fsp3) is 0.545. The van der Waals surface area contributed by atoms with Gasteiger partial charge < -0.3 is 15.0 Å². The van der Waals surface area contributed by atoms with Crippen molar-refractivity contribution in [2.24, 2.45) is 0 Å². The van der Waals surface area contributed by atoms with Crippen molar-refractivity contribution in [3.63, 3.8) is 0 Å². The van der Waals surface area contributed by atoms with Crippen LogP contribution in [0, 0.1) is 0 Å². The van der Waals surface area contributed by atoms with Crippen LogP contribution in [0.1, 0.15) is 16.8 Å². The van der Waals surface area contributed by atoms with Crippen LogP contribution in [-0.2, 0) is 4.74 Å². The van der Waals surface area contributed by atoms with Crippen LogP contribution in [0.25, 0.3) is 0 Å². The molecule has 1 aliphatic rings. The highest BCUT2D eigenvalue weighted by atomic mass is 16.5. The van der Waals surface area contributed by atoms with Crippen LogP contribution < -0.4 is 10.2 Å². The zero-order chi connectivity index (χ0) is 12.1. The van der Waals surface area contributed by atoms with Crippen molar-refractivity contribution in [2.75, 3.05) is 38.2 Å². The van der Waals surface area contributed by atoms with E-state index >= 15 is 0 Å². The van der Waals surface area contributed by atoms with Gasteiger partial charge in [0.2, 0.25) is 5.95 Å². The first-order valence-electron chi connectivity index (χ1n) is 5.67. The number of hydrogen-bond acceptors (Lipinski definition) is 6. The Labute approximate surface area is 100 Å². The van der Waals surface area contributed by atoms with Gasteiger partial charge in [0.05, 0.1) is 12.7 Å². The summed E-state index contributed by atoms with van der Waals surface area (Å²) in [6, 6.07) is 0. The lowest BCUT2D eigenvalue weighted by molar-refractivity contribution is 0.0600. The number of ether oxygens (including phenoxy) is 1. The molecule has 0 aliphatic carbocycles. The van der Waals surface area contributed by atoms with Crippen LogP contribution in [0.5, 0.6) is 0 Å². The van der Waals surface area contributed by atoms with E-state index in [4.69, 9.17) is 0 Å². The summed E-state index contributed by atoms with van der Waals surface area (Å²) in [6.45, 7) is 3.78. The SMILES string of the molecule is COC(=O)c1cnc(N2CCCNCC2)nc1. The van der Waals surface area contributed by atoms with Gasteiger partial charge in [-0.25, -0.2) is 14.8 Å². The van der Waals surface area contributed by atoms with E-state index in [-0.39, 0.29) is 0 Å². The third-order valence-electron chi connectivity index (χ3n) is 2.68. The first-order valence-corrected chi connectivity index (χ1v) is 5.67. The third kappa shape index (κ3) is 2.91. The molecule has 0 unspecified atom stereocenters. The molecular formula is C11H16N4O2. The lowest BCUT2D eigenvalue weighted by atomic mass is 10.3. The first-order chi connectivity index (χ1) is 8.31. The Hall–Kier alpha value is -1.69. The van der Waals surface area contributed by atoms with Crippen LogP contribution in [0.2, 0.25) is 0 Å². The van der Waals surface area contributed by atoms with Crippen molar-refractivity contribution < 1.29 is 9.53 Å². The largest absolute Gasteiger partial charge is 0.465 e. The van der Waals surface area contributed by atoms with Crippen molar-refractivity contribution in [2.45, 2.75) is 6.42 Å². The minimum Gasteiger partial charge on any atom is -0.465 e. The molecule has 6 heteroatoms. The van der Waals surface area contributed by atoms with Gasteiger partial charge in [0.1, 0.15) is 0 Å². The number of esters is 1. The minimum atomic E-state index is -0.408. The molecule has 1 aliphatic heterocycles. The van der Waals surface area contributed by atoms with E-state index in [0.29, 0.717) is 11.5 Å². The van der Waals surface area contributed by atoms with E-state index in [2.05, 4.69) is 24.9 Å². The third-order valence-corrected chi connectivity index (χ3v) is 2.68. The zero-order valence-electron chi connectivity index (χ0n) is 9.85. The number of aromatic nitrogens is 2. The fourth-order valence-electron chi connectivity index (χ4n) is 1.75. The van der Waals surface area contributed by atoms with Gasteiger partial charge in [-0.2, -0.15) is 0 Å². The molecule has 0 atom stereocenters. The topological polar surface area (TPSA) is 67.3 Å². The van der Waals surface area contributed by atoms with Gasteiger partial charge in [0.25, 0.3) is 0 Å². The number of hydrogen-bond donors (Lipinski definition) is 1. The second kappa shape index (κ2) is 5.58. The van der Waals surface area contributed by atoms with Gasteiger partial charge in [-0.1, -0.05) is 0 Å². The average molecular weight is 236 g/mol. The Morgan fingerprint density at radius 1 is 1.35 bits per heavy atom. The summed E-state index contributed by atoms with van der Waals surface area (Å²) in [5.74, 6) is 0.260. The maximum Gasteiger partial charge on any atom is 0.341 e. The number of carbonyl (C=O) groups is 1. The van der Waals surface area contributed by atoms with Gasteiger partial charge in [0.15, 0.2) is 0 Å². The lowest BCUT2D eigenvalue weighted by Gasteiger charge is -2.19. The van der Waals surface area contributed by atoms with Gasteiger partial charge >= 0.3 is 5.97 Å². The summed E-state index contributed by atoms with van der Waals surface area (Å²) in [7, 11) is 1.34. The Morgan fingerprint density at radius 3 is 2.82 bits per heavy atom. The molecule has 92 valence electrons. The maximum absolute atomic E-state index is 11.2. The second-order valence-corrected chi connectivity index (χ2v) is 3.85. The van der Waals surface area contributed by atoms with E-state index < -0.39 is 5.97 Å². The Kier molecular flexibility index (Phi) is 3.87. The van der Waals surface area contributed by atoms with Crippen LogP contribution in [0.15, 0.2) is 12.4 Å². The Morgan fingerprint density at radius 2 is 2.12 bits per heavy atom. The van der Waals surface area contributed by atoms with Crippen molar-refractivity contribution in [3.8, 4) is 0 Å². The molecule has 2 heterocycles. The molecule has 1 aromatic rings. The van der Waals surface area contributed by atoms with Crippen molar-refractivity contribution in [1.29, 1.82) is 0 Å². The predicted molar refractivity (Wildman–Crippen MR) is 63.1 cm³/mol. The standard InChI is InChI=1S/C11H16N4O2/c1-17-10(16)9-7-13-11(14-8-9)15-5-2-3-12-4-6-15/h7-8,12H,2-6H2,1H3. The molecular weight excluding hydrogens is 220 g/mol. The quantitative estimate of drug-likeness (QED) is 0.733. The molecule has 1 aromatic heterocycles. The summed E-state index contributed by atoms with van der Waals surface area (Å²) in [4.78, 5) is 21.7. The van der Waals surface area contributed by atoms with Gasteiger partial charge in [-0.3, -0.25) is 0 Å². The molecule has 0 saturated carbocycles. The van der Waals surface area contributed by atoms with Gasteiger partial charge in [-0.05, 0) is 13.0 Å². The highest BCUT2D eigenvalue weighted by molar-refractivity contribution is 5.88. The van der Waals surface area contributed by atoms with Crippen molar-refractivity contribution in [3.05, 3.63) is 18.0 Å². The van der Waals surface area contributed by atoms with Crippen LogP contribution >= 0.6 is 0 Å². The number of nitrogens with one attached hydrogen (secondary N) is 1. The molecule has 1 saturated heterocycles. The second-order valence-electron chi connectivity index (χ2n) is 3.85. The summed E-state index contributed by atoms with van der Waals surface area (Å²) >= 11 is 0. The lowest BCUT2D eigenvalue weighted by Crippen LogP contribution is -2.29. The number of methoxy groups -OCH3 is 1. The van der Waals surface area contributed by atoms with Crippen LogP contribution in [0.3, 0.4) is 0 Å². The van der Waals surface area contributed by atoms with E-state index in [1.807, 2.05) is 0 Å². The Bertz CT molecular complexity index is 372. The van der Waals surface area contributed by atoms with Crippen LogP contribution in [-0.4, -0.2) is 49.2 Å². The summed E-state index contributed by atoms with van der Waals surface area (Å²) in [6.07, 6.45) is 4.08. The van der Waals surface area contributed by atoms with E-state index in [1.54, 1.807) is 0 Å². The average Bonchev–Trinajstić information content (AvgIpc) is 2.67. The molecule has 1 fully saturated rings. The highest BCUT2D eigenvalue weighted by Crippen LogP contribution is 2.09. The van der Waals surface area contributed by atoms with E-state index in [0.717, 1.165) is 32.6 Å². The first kappa shape index (κ1) is 11.8. The summed E-state index contributed by atoms with van der Waals surface area (Å²) in [5.41, 5.74) is 0.379. The molecule has 17 heavy (non-hydrogen) atoms. The van der Waals surface area contributed by atoms with Gasteiger partial charge in [0, 0.05) is 32.0 Å². The molecule has 1 N–H and O–H groups in total. The minimum absolute atomic E-state index is 0.379. The van der Waals surface area contributed by atoms with Crippen LogP contribution in [0.4, 0.5) is 5.95 Å². The summed E-state index contributed by atoms with van der Waals surface area (Å²) < 4.78 is 4.60. The predicted octanol–water partition coefficient (Wildman–Crippen LogP) is 0.0629. The maximum atomic E-state index is 11.2. The van der Waals surface area contributed by atoms with Crippen molar-refractivity contribution >= 4 is 11.9 Å². The smallest absolute Gasteiger partial charge is 0.341 e. The molecule has 0 amide bonds. The Balaban J connectivity index is 2.08. The number of anilines is 1. The summed E-state index contributed by atoms with van der Waals surface area (Å²) in [5, 5.41) is 3.31. The van der Waals surface area contributed by atoms with E-state index in [1.165, 1.54) is 19.5 Å². The number of rotatable bonds is 2. The number of nitrogens with zero attached hydrogens (tertiary/aromatic N) is 3. The van der Waals surface area contributed by atoms with E-state index in [9.17, 15) is 4.79 Å². The molecule has 0 radical (unpaired) electrons. The molecule has 0 spiro atoms. The molecule has 2 rings (SSSR count). The van der Waals surface area contributed by atoms with Crippen molar-refractivity contribution in [1.82, 2.24) is 15.3 Å². The highest BCUT2D eigenvalue weighted by Gasteiger charge is 2.13. The molecule has 6 nitrogen and oxygen atoms in total. The van der Waals surface area contributed by atoms with Gasteiger partial charge in [-0.15, -0.1) is 0 Å². The normalized spacial score (nSPS) is 16.4. The molecule has 0 aromatic carbocycles.